The monoisotopic (exact) mass is 351 g/mol. The molecule has 6 heteroatoms. The molecule has 2 N–H and O–H groups in total. The Labute approximate surface area is 153 Å². The van der Waals surface area contributed by atoms with E-state index in [1.54, 1.807) is 19.0 Å². The van der Waals surface area contributed by atoms with Crippen LogP contribution in [0.15, 0.2) is 4.99 Å². The first kappa shape index (κ1) is 20.0. The van der Waals surface area contributed by atoms with Crippen LogP contribution in [-0.2, 0) is 4.79 Å². The molecule has 0 aromatic heterocycles. The van der Waals surface area contributed by atoms with Gasteiger partial charge in [0.25, 0.3) is 0 Å². The average molecular weight is 352 g/mol. The van der Waals surface area contributed by atoms with E-state index in [0.717, 1.165) is 31.9 Å². The maximum absolute atomic E-state index is 11.9. The van der Waals surface area contributed by atoms with Gasteiger partial charge in [0.2, 0.25) is 5.91 Å². The first-order valence-electron chi connectivity index (χ1n) is 10.1. The van der Waals surface area contributed by atoms with Crippen LogP contribution >= 0.6 is 0 Å². The van der Waals surface area contributed by atoms with E-state index in [1.807, 2.05) is 0 Å². The van der Waals surface area contributed by atoms with E-state index in [1.165, 1.54) is 45.1 Å². The molecule has 0 radical (unpaired) electrons. The van der Waals surface area contributed by atoms with Crippen LogP contribution in [0.1, 0.15) is 58.3 Å². The van der Waals surface area contributed by atoms with E-state index >= 15 is 0 Å². The lowest BCUT2D eigenvalue weighted by Crippen LogP contribution is -2.51. The van der Waals surface area contributed by atoms with E-state index in [2.05, 4.69) is 27.4 Å². The third kappa shape index (κ3) is 7.22. The van der Waals surface area contributed by atoms with Gasteiger partial charge < -0.3 is 20.4 Å². The van der Waals surface area contributed by atoms with Crippen molar-refractivity contribution in [2.75, 3.05) is 40.3 Å². The number of carbonyl (C=O) groups excluding carboxylic acids is 1. The normalized spacial score (nSPS) is 21.2. The van der Waals surface area contributed by atoms with Crippen molar-refractivity contribution in [2.45, 2.75) is 70.4 Å². The summed E-state index contributed by atoms with van der Waals surface area (Å²) in [5.74, 6) is 0.874. The fraction of sp³-hybridized carbons (Fsp3) is 0.895. The lowest BCUT2D eigenvalue weighted by Gasteiger charge is -2.34. The molecule has 1 saturated heterocycles. The summed E-state index contributed by atoms with van der Waals surface area (Å²) in [6.07, 6.45) is 9.84. The molecule has 0 bridgehead atoms. The van der Waals surface area contributed by atoms with Gasteiger partial charge >= 0.3 is 0 Å². The highest BCUT2D eigenvalue weighted by Gasteiger charge is 2.21. The van der Waals surface area contributed by atoms with E-state index in [-0.39, 0.29) is 12.5 Å². The van der Waals surface area contributed by atoms with Crippen LogP contribution in [0.25, 0.3) is 0 Å². The number of amides is 1. The number of piperidine rings is 1. The van der Waals surface area contributed by atoms with Gasteiger partial charge in [0.15, 0.2) is 5.96 Å². The second kappa shape index (κ2) is 10.6. The Morgan fingerprint density at radius 3 is 2.20 bits per heavy atom. The molecule has 1 aliphatic heterocycles. The standard InChI is InChI=1S/C19H37N5O/c1-4-12-24-13-10-17(11-14-24)22-19(20-15-18(25)23(2)3)21-16-8-6-5-7-9-16/h16-17H,4-15H2,1-3H3,(H2,20,21,22). The molecule has 0 atom stereocenters. The number of nitrogens with one attached hydrogen (secondary N) is 2. The van der Waals surface area contributed by atoms with Crippen LogP contribution in [0, 0.1) is 0 Å². The number of rotatable bonds is 6. The summed E-state index contributed by atoms with van der Waals surface area (Å²) in [6.45, 7) is 5.96. The van der Waals surface area contributed by atoms with Crippen molar-refractivity contribution in [1.82, 2.24) is 20.4 Å². The zero-order chi connectivity index (χ0) is 18.1. The van der Waals surface area contributed by atoms with Gasteiger partial charge in [-0.1, -0.05) is 26.2 Å². The van der Waals surface area contributed by atoms with Crippen LogP contribution in [-0.4, -0.2) is 74.0 Å². The molecule has 0 spiro atoms. The predicted octanol–water partition coefficient (Wildman–Crippen LogP) is 1.82. The SMILES string of the molecule is CCCN1CCC(NC(=NCC(=O)N(C)C)NC2CCCCC2)CC1. The molecule has 25 heavy (non-hydrogen) atoms. The Morgan fingerprint density at radius 1 is 1.04 bits per heavy atom. The number of likely N-dealkylation sites (tertiary alicyclic amines) is 1. The minimum atomic E-state index is 0.0440. The molecular weight excluding hydrogens is 314 g/mol. The van der Waals surface area contributed by atoms with Crippen LogP contribution in [0.4, 0.5) is 0 Å². The van der Waals surface area contributed by atoms with Crippen molar-refractivity contribution in [3.8, 4) is 0 Å². The number of carbonyl (C=O) groups is 1. The number of aliphatic imine (C=N–C) groups is 1. The van der Waals surface area contributed by atoms with E-state index in [4.69, 9.17) is 0 Å². The smallest absolute Gasteiger partial charge is 0.243 e. The molecule has 2 aliphatic rings. The molecule has 0 unspecified atom stereocenters. The van der Waals surface area contributed by atoms with Crippen LogP contribution < -0.4 is 10.6 Å². The summed E-state index contributed by atoms with van der Waals surface area (Å²) in [4.78, 5) is 20.6. The Hall–Kier alpha value is -1.30. The summed E-state index contributed by atoms with van der Waals surface area (Å²) < 4.78 is 0. The van der Waals surface area contributed by atoms with Crippen LogP contribution in [0.3, 0.4) is 0 Å². The topological polar surface area (TPSA) is 60.0 Å². The molecular formula is C19H37N5O. The zero-order valence-electron chi connectivity index (χ0n) is 16.4. The van der Waals surface area contributed by atoms with Crippen molar-refractivity contribution in [2.24, 2.45) is 4.99 Å². The lowest BCUT2D eigenvalue weighted by molar-refractivity contribution is -0.127. The van der Waals surface area contributed by atoms with Crippen molar-refractivity contribution >= 4 is 11.9 Å². The number of nitrogens with zero attached hydrogens (tertiary/aromatic N) is 3. The third-order valence-corrected chi connectivity index (χ3v) is 5.29. The van der Waals surface area contributed by atoms with Crippen LogP contribution in [0.2, 0.25) is 0 Å². The number of hydrogen-bond acceptors (Lipinski definition) is 3. The molecule has 1 aliphatic carbocycles. The Kier molecular flexibility index (Phi) is 8.52. The highest BCUT2D eigenvalue weighted by atomic mass is 16.2. The highest BCUT2D eigenvalue weighted by molar-refractivity contribution is 5.85. The molecule has 2 rings (SSSR count). The summed E-state index contributed by atoms with van der Waals surface area (Å²) in [6, 6.07) is 0.951. The average Bonchev–Trinajstić information content (AvgIpc) is 2.62. The number of likely N-dealkylation sites (N-methyl/N-ethyl adjacent to an activating group) is 1. The van der Waals surface area contributed by atoms with Gasteiger partial charge in [0.05, 0.1) is 0 Å². The summed E-state index contributed by atoms with van der Waals surface area (Å²) in [5, 5.41) is 7.19. The zero-order valence-corrected chi connectivity index (χ0v) is 16.4. The molecule has 144 valence electrons. The maximum Gasteiger partial charge on any atom is 0.243 e. The largest absolute Gasteiger partial charge is 0.354 e. The van der Waals surface area contributed by atoms with Crippen molar-refractivity contribution in [3.05, 3.63) is 0 Å². The van der Waals surface area contributed by atoms with Gasteiger partial charge in [-0.2, -0.15) is 0 Å². The van der Waals surface area contributed by atoms with Gasteiger partial charge in [0.1, 0.15) is 6.54 Å². The quantitative estimate of drug-likeness (QED) is 0.566. The second-order valence-corrected chi connectivity index (χ2v) is 7.69. The summed E-state index contributed by atoms with van der Waals surface area (Å²) >= 11 is 0. The Morgan fingerprint density at radius 2 is 1.64 bits per heavy atom. The van der Waals surface area contributed by atoms with Crippen molar-refractivity contribution < 1.29 is 4.79 Å². The van der Waals surface area contributed by atoms with Crippen LogP contribution in [0.5, 0.6) is 0 Å². The molecule has 1 saturated carbocycles. The van der Waals surface area contributed by atoms with Gasteiger partial charge in [0, 0.05) is 39.3 Å². The minimum absolute atomic E-state index is 0.0440. The van der Waals surface area contributed by atoms with Gasteiger partial charge in [-0.25, -0.2) is 4.99 Å². The molecule has 2 fully saturated rings. The fourth-order valence-electron chi connectivity index (χ4n) is 3.67. The van der Waals surface area contributed by atoms with E-state index in [9.17, 15) is 4.79 Å². The molecule has 6 nitrogen and oxygen atoms in total. The first-order valence-corrected chi connectivity index (χ1v) is 10.1. The first-order chi connectivity index (χ1) is 12.1. The lowest BCUT2D eigenvalue weighted by atomic mass is 9.95. The highest BCUT2D eigenvalue weighted by Crippen LogP contribution is 2.17. The third-order valence-electron chi connectivity index (χ3n) is 5.29. The Balaban J connectivity index is 1.89. The van der Waals surface area contributed by atoms with Gasteiger partial charge in [-0.05, 0) is 38.6 Å². The predicted molar refractivity (Wildman–Crippen MR) is 104 cm³/mol. The Bertz CT molecular complexity index is 424. The molecule has 1 heterocycles. The molecule has 1 amide bonds. The maximum atomic E-state index is 11.9. The van der Waals surface area contributed by atoms with E-state index < -0.39 is 0 Å². The summed E-state index contributed by atoms with van der Waals surface area (Å²) in [7, 11) is 3.56. The fourth-order valence-corrected chi connectivity index (χ4v) is 3.67. The van der Waals surface area contributed by atoms with Gasteiger partial charge in [-0.15, -0.1) is 0 Å². The van der Waals surface area contributed by atoms with Gasteiger partial charge in [-0.3, -0.25) is 4.79 Å². The second-order valence-electron chi connectivity index (χ2n) is 7.69. The molecule has 0 aromatic carbocycles. The minimum Gasteiger partial charge on any atom is -0.354 e. The number of hydrogen-bond donors (Lipinski definition) is 2. The van der Waals surface area contributed by atoms with Crippen molar-refractivity contribution in [1.29, 1.82) is 0 Å². The van der Waals surface area contributed by atoms with Crippen molar-refractivity contribution in [3.63, 3.8) is 0 Å². The summed E-state index contributed by atoms with van der Waals surface area (Å²) in [5.41, 5.74) is 0. The number of guanidine groups is 1. The molecule has 0 aromatic rings. The van der Waals surface area contributed by atoms with E-state index in [0.29, 0.717) is 12.1 Å².